The molecule has 0 aliphatic rings. The number of benzene rings is 1. The molecule has 1 aromatic carbocycles. The van der Waals surface area contributed by atoms with Crippen LogP contribution in [0.4, 0.5) is 0 Å². The molecule has 0 heterocycles. The van der Waals surface area contributed by atoms with E-state index in [1.165, 1.54) is 5.56 Å². The summed E-state index contributed by atoms with van der Waals surface area (Å²) in [4.78, 5) is 0. The zero-order valence-electron chi connectivity index (χ0n) is 10.1. The molecule has 1 atom stereocenters. The smallest absolute Gasteiger partial charge is 0.126 e. The summed E-state index contributed by atoms with van der Waals surface area (Å²) in [6, 6.07) is 4.14. The summed E-state index contributed by atoms with van der Waals surface area (Å²) in [5.74, 6) is 0.864. The molecule has 1 N–H and O–H groups in total. The van der Waals surface area contributed by atoms with Gasteiger partial charge in [-0.2, -0.15) is 0 Å². The highest BCUT2D eigenvalue weighted by atomic mass is 35.5. The zero-order valence-corrected chi connectivity index (χ0v) is 10.8. The van der Waals surface area contributed by atoms with Crippen LogP contribution in [0.3, 0.4) is 0 Å². The minimum absolute atomic E-state index is 0.0966. The van der Waals surface area contributed by atoms with Crippen molar-refractivity contribution in [2.24, 2.45) is 0 Å². The lowest BCUT2D eigenvalue weighted by atomic mass is 10.0. The number of aryl methyl sites for hydroxylation is 2. The van der Waals surface area contributed by atoms with E-state index < -0.39 is 0 Å². The van der Waals surface area contributed by atoms with E-state index in [2.05, 4.69) is 12.1 Å². The van der Waals surface area contributed by atoms with Crippen LogP contribution in [0, 0.1) is 13.8 Å². The van der Waals surface area contributed by atoms with E-state index in [1.54, 1.807) is 7.11 Å². The van der Waals surface area contributed by atoms with Crippen molar-refractivity contribution in [2.45, 2.75) is 32.1 Å². The first-order chi connectivity index (χ1) is 7.60. The van der Waals surface area contributed by atoms with Crippen molar-refractivity contribution in [3.63, 3.8) is 0 Å². The molecule has 0 saturated carbocycles. The monoisotopic (exact) mass is 242 g/mol. The third-order valence-electron chi connectivity index (χ3n) is 2.60. The van der Waals surface area contributed by atoms with Crippen LogP contribution in [0.5, 0.6) is 5.75 Å². The van der Waals surface area contributed by atoms with Crippen molar-refractivity contribution >= 4 is 11.6 Å². The number of hydrogen-bond acceptors (Lipinski definition) is 2. The summed E-state index contributed by atoms with van der Waals surface area (Å²) >= 11 is 6.32. The van der Waals surface area contributed by atoms with Crippen LogP contribution in [0.2, 0.25) is 0 Å². The van der Waals surface area contributed by atoms with Crippen molar-refractivity contribution in [3.8, 4) is 5.75 Å². The largest absolute Gasteiger partial charge is 0.496 e. The normalized spacial score (nSPS) is 12.6. The van der Waals surface area contributed by atoms with Gasteiger partial charge in [-0.05, 0) is 32.3 Å². The first kappa shape index (κ1) is 13.3. The van der Waals surface area contributed by atoms with Gasteiger partial charge < -0.3 is 9.84 Å². The van der Waals surface area contributed by atoms with Crippen molar-refractivity contribution < 1.29 is 9.84 Å². The summed E-state index contributed by atoms with van der Waals surface area (Å²) < 4.78 is 5.39. The third kappa shape index (κ3) is 3.13. The molecule has 1 unspecified atom stereocenters. The number of alkyl halides is 1. The first-order valence-electron chi connectivity index (χ1n) is 5.50. The summed E-state index contributed by atoms with van der Waals surface area (Å²) in [5, 5.41) is 8.71. The lowest BCUT2D eigenvalue weighted by Gasteiger charge is -2.16. The number of aliphatic hydroxyl groups is 1. The fourth-order valence-corrected chi connectivity index (χ4v) is 2.24. The molecule has 0 aliphatic heterocycles. The van der Waals surface area contributed by atoms with E-state index in [0.29, 0.717) is 6.42 Å². The Kier molecular flexibility index (Phi) is 5.10. The van der Waals surface area contributed by atoms with Crippen molar-refractivity contribution in [1.29, 1.82) is 0 Å². The van der Waals surface area contributed by atoms with Crippen molar-refractivity contribution in [1.82, 2.24) is 0 Å². The molecular formula is C13H19ClO2. The van der Waals surface area contributed by atoms with E-state index in [9.17, 15) is 0 Å². The van der Waals surface area contributed by atoms with Gasteiger partial charge in [0, 0.05) is 12.2 Å². The van der Waals surface area contributed by atoms with Gasteiger partial charge in [0.15, 0.2) is 0 Å². The molecule has 0 spiro atoms. The minimum atomic E-state index is -0.0966. The van der Waals surface area contributed by atoms with Crippen molar-refractivity contribution in [2.75, 3.05) is 13.7 Å². The lowest BCUT2D eigenvalue weighted by molar-refractivity contribution is 0.283. The van der Waals surface area contributed by atoms with Gasteiger partial charge in [-0.3, -0.25) is 0 Å². The average molecular weight is 243 g/mol. The van der Waals surface area contributed by atoms with Gasteiger partial charge in [0.1, 0.15) is 5.75 Å². The van der Waals surface area contributed by atoms with E-state index >= 15 is 0 Å². The van der Waals surface area contributed by atoms with Crippen LogP contribution >= 0.6 is 11.6 Å². The second-order valence-corrected chi connectivity index (χ2v) is 4.56. The number of methoxy groups -OCH3 is 1. The van der Waals surface area contributed by atoms with Crippen LogP contribution in [0.15, 0.2) is 12.1 Å². The lowest BCUT2D eigenvalue weighted by Crippen LogP contribution is -2.00. The third-order valence-corrected chi connectivity index (χ3v) is 3.06. The number of hydrogen-bond donors (Lipinski definition) is 1. The topological polar surface area (TPSA) is 29.5 Å². The van der Waals surface area contributed by atoms with Gasteiger partial charge >= 0.3 is 0 Å². The number of rotatable bonds is 5. The molecule has 0 aromatic heterocycles. The second-order valence-electron chi connectivity index (χ2n) is 4.04. The SMILES string of the molecule is COc1c(C)cc(C)cc1C(Cl)CCCO. The quantitative estimate of drug-likeness (QED) is 0.803. The second kappa shape index (κ2) is 6.12. The van der Waals surface area contributed by atoms with Crippen LogP contribution in [0.25, 0.3) is 0 Å². The van der Waals surface area contributed by atoms with E-state index in [1.807, 2.05) is 13.8 Å². The number of aliphatic hydroxyl groups excluding tert-OH is 1. The predicted octanol–water partition coefficient (Wildman–Crippen LogP) is 3.36. The Morgan fingerprint density at radius 2 is 2.06 bits per heavy atom. The molecule has 90 valence electrons. The highest BCUT2D eigenvalue weighted by molar-refractivity contribution is 6.21. The van der Waals surface area contributed by atoms with Crippen LogP contribution < -0.4 is 4.74 Å². The van der Waals surface area contributed by atoms with E-state index in [0.717, 1.165) is 23.3 Å². The van der Waals surface area contributed by atoms with Gasteiger partial charge in [0.2, 0.25) is 0 Å². The van der Waals surface area contributed by atoms with Crippen LogP contribution in [0.1, 0.15) is 34.9 Å². The Morgan fingerprint density at radius 1 is 1.38 bits per heavy atom. The number of halogens is 1. The molecule has 0 radical (unpaired) electrons. The van der Waals surface area contributed by atoms with E-state index in [-0.39, 0.29) is 12.0 Å². The Hall–Kier alpha value is -0.730. The fraction of sp³-hybridized carbons (Fsp3) is 0.538. The highest BCUT2D eigenvalue weighted by Gasteiger charge is 2.15. The zero-order chi connectivity index (χ0) is 12.1. The van der Waals surface area contributed by atoms with Gasteiger partial charge in [-0.1, -0.05) is 17.7 Å². The molecule has 1 rings (SSSR count). The maximum Gasteiger partial charge on any atom is 0.126 e. The Balaban J connectivity index is 3.00. The molecule has 0 fully saturated rings. The molecule has 2 nitrogen and oxygen atoms in total. The van der Waals surface area contributed by atoms with Gasteiger partial charge in [-0.25, -0.2) is 0 Å². The Bertz CT molecular complexity index is 350. The standard InChI is InChI=1S/C13H19ClO2/c1-9-7-10(2)13(16-3)11(8-9)12(14)5-4-6-15/h7-8,12,15H,4-6H2,1-3H3. The van der Waals surface area contributed by atoms with Crippen LogP contribution in [-0.2, 0) is 0 Å². The van der Waals surface area contributed by atoms with Crippen molar-refractivity contribution in [3.05, 3.63) is 28.8 Å². The van der Waals surface area contributed by atoms with Gasteiger partial charge in [-0.15, -0.1) is 11.6 Å². The summed E-state index contributed by atoms with van der Waals surface area (Å²) in [6.45, 7) is 4.24. The summed E-state index contributed by atoms with van der Waals surface area (Å²) in [5.41, 5.74) is 3.31. The molecule has 0 saturated heterocycles. The molecule has 16 heavy (non-hydrogen) atoms. The predicted molar refractivity (Wildman–Crippen MR) is 67.4 cm³/mol. The maximum absolute atomic E-state index is 8.81. The van der Waals surface area contributed by atoms with Crippen LogP contribution in [-0.4, -0.2) is 18.8 Å². The maximum atomic E-state index is 8.81. The number of ether oxygens (including phenoxy) is 1. The molecule has 0 amide bonds. The first-order valence-corrected chi connectivity index (χ1v) is 5.93. The van der Waals surface area contributed by atoms with Gasteiger partial charge in [0.05, 0.1) is 12.5 Å². The fourth-order valence-electron chi connectivity index (χ4n) is 1.92. The molecule has 0 aliphatic carbocycles. The molecule has 3 heteroatoms. The Labute approximate surface area is 102 Å². The minimum Gasteiger partial charge on any atom is -0.496 e. The van der Waals surface area contributed by atoms with Gasteiger partial charge in [0.25, 0.3) is 0 Å². The average Bonchev–Trinajstić information content (AvgIpc) is 2.24. The molecule has 1 aromatic rings. The highest BCUT2D eigenvalue weighted by Crippen LogP contribution is 2.35. The summed E-state index contributed by atoms with van der Waals surface area (Å²) in [7, 11) is 1.66. The molecule has 0 bridgehead atoms. The Morgan fingerprint density at radius 3 is 2.62 bits per heavy atom. The summed E-state index contributed by atoms with van der Waals surface area (Å²) in [6.07, 6.45) is 1.47. The van der Waals surface area contributed by atoms with E-state index in [4.69, 9.17) is 21.4 Å². The molecular weight excluding hydrogens is 224 g/mol.